The predicted molar refractivity (Wildman–Crippen MR) is 69.8 cm³/mol. The summed E-state index contributed by atoms with van der Waals surface area (Å²) in [4.78, 5) is 2.25. The smallest absolute Gasteiger partial charge is 0.135 e. The van der Waals surface area contributed by atoms with Gasteiger partial charge in [0.15, 0.2) is 0 Å². The second-order valence-corrected chi connectivity index (χ2v) is 5.42. The lowest BCUT2D eigenvalue weighted by Crippen LogP contribution is -2.24. The Bertz CT molecular complexity index is 559. The van der Waals surface area contributed by atoms with Crippen molar-refractivity contribution in [3.63, 3.8) is 0 Å². The standard InChI is InChI=1S/C13H15NOS/c1-8-7-16-13-11(15)6-10-9(12(8)13)4-3-5-14(10)2/h6-7,15H,3-5H2,1-2H3. The number of anilines is 1. The Balaban J connectivity index is 2.41. The average Bonchev–Trinajstić information content (AvgIpc) is 2.64. The number of rotatable bonds is 0. The van der Waals surface area contributed by atoms with Crippen molar-refractivity contribution in [1.82, 2.24) is 0 Å². The number of nitrogens with zero attached hydrogens (tertiary/aromatic N) is 1. The summed E-state index contributed by atoms with van der Waals surface area (Å²) in [6.07, 6.45) is 2.34. The van der Waals surface area contributed by atoms with Crippen molar-refractivity contribution in [1.29, 1.82) is 0 Å². The number of aromatic hydroxyl groups is 1. The number of phenolic OH excluding ortho intramolecular Hbond substituents is 1. The molecule has 0 spiro atoms. The number of hydrogen-bond donors (Lipinski definition) is 1. The topological polar surface area (TPSA) is 23.5 Å². The van der Waals surface area contributed by atoms with Gasteiger partial charge in [-0.3, -0.25) is 0 Å². The number of hydrogen-bond acceptors (Lipinski definition) is 3. The van der Waals surface area contributed by atoms with E-state index >= 15 is 0 Å². The molecule has 0 radical (unpaired) electrons. The maximum atomic E-state index is 10.0. The van der Waals surface area contributed by atoms with Crippen LogP contribution in [0.4, 0.5) is 5.69 Å². The summed E-state index contributed by atoms with van der Waals surface area (Å²) >= 11 is 1.65. The van der Waals surface area contributed by atoms with E-state index in [0.717, 1.165) is 17.7 Å². The van der Waals surface area contributed by atoms with Crippen molar-refractivity contribution in [3.8, 4) is 5.75 Å². The Morgan fingerprint density at radius 1 is 1.44 bits per heavy atom. The van der Waals surface area contributed by atoms with E-state index in [1.807, 2.05) is 6.07 Å². The van der Waals surface area contributed by atoms with Crippen LogP contribution in [0.2, 0.25) is 0 Å². The highest BCUT2D eigenvalue weighted by Gasteiger charge is 2.20. The predicted octanol–water partition coefficient (Wildman–Crippen LogP) is 3.30. The average molecular weight is 233 g/mol. The van der Waals surface area contributed by atoms with Crippen LogP contribution in [-0.4, -0.2) is 18.7 Å². The lowest BCUT2D eigenvalue weighted by molar-refractivity contribution is 0.482. The number of aryl methyl sites for hydroxylation is 2. The van der Waals surface area contributed by atoms with Crippen molar-refractivity contribution in [2.24, 2.45) is 0 Å². The molecule has 0 fully saturated rings. The molecular formula is C13H15NOS. The SMILES string of the molecule is Cc1csc2c(O)cc3c(c12)CCCN3C. The molecule has 1 aliphatic heterocycles. The monoisotopic (exact) mass is 233 g/mol. The van der Waals surface area contributed by atoms with Crippen molar-refractivity contribution in [3.05, 3.63) is 22.6 Å². The molecule has 2 heterocycles. The van der Waals surface area contributed by atoms with Gasteiger partial charge in [-0.2, -0.15) is 0 Å². The third-order valence-corrected chi connectivity index (χ3v) is 4.54. The molecule has 1 aromatic carbocycles. The molecule has 84 valence electrons. The van der Waals surface area contributed by atoms with E-state index in [4.69, 9.17) is 0 Å². The van der Waals surface area contributed by atoms with Gasteiger partial charge in [-0.25, -0.2) is 0 Å². The molecule has 3 rings (SSSR count). The fraction of sp³-hybridized carbons (Fsp3) is 0.385. The molecule has 0 bridgehead atoms. The third-order valence-electron chi connectivity index (χ3n) is 3.42. The molecule has 0 unspecified atom stereocenters. The van der Waals surface area contributed by atoms with Gasteiger partial charge in [0.2, 0.25) is 0 Å². The molecule has 1 N–H and O–H groups in total. The normalized spacial score (nSPS) is 15.5. The van der Waals surface area contributed by atoms with Gasteiger partial charge in [0.25, 0.3) is 0 Å². The summed E-state index contributed by atoms with van der Waals surface area (Å²) in [6, 6.07) is 1.92. The first kappa shape index (κ1) is 9.97. The van der Waals surface area contributed by atoms with Crippen LogP contribution < -0.4 is 4.90 Å². The van der Waals surface area contributed by atoms with Crippen molar-refractivity contribution in [2.75, 3.05) is 18.5 Å². The van der Waals surface area contributed by atoms with Crippen LogP contribution in [0.1, 0.15) is 17.5 Å². The molecule has 0 atom stereocenters. The zero-order chi connectivity index (χ0) is 11.3. The van der Waals surface area contributed by atoms with E-state index < -0.39 is 0 Å². The first-order valence-corrected chi connectivity index (χ1v) is 6.50. The summed E-state index contributed by atoms with van der Waals surface area (Å²) in [5, 5.41) is 13.5. The highest BCUT2D eigenvalue weighted by Crippen LogP contribution is 2.42. The first-order chi connectivity index (χ1) is 7.68. The third kappa shape index (κ3) is 1.24. The van der Waals surface area contributed by atoms with E-state index in [9.17, 15) is 5.11 Å². The van der Waals surface area contributed by atoms with Crippen molar-refractivity contribution < 1.29 is 5.11 Å². The van der Waals surface area contributed by atoms with E-state index in [1.165, 1.54) is 28.6 Å². The summed E-state index contributed by atoms with van der Waals surface area (Å²) in [5.74, 6) is 0.431. The van der Waals surface area contributed by atoms with Gasteiger partial charge in [0, 0.05) is 30.7 Å². The minimum atomic E-state index is 0.431. The Kier molecular flexibility index (Phi) is 2.11. The largest absolute Gasteiger partial charge is 0.506 e. The number of thiophene rings is 1. The van der Waals surface area contributed by atoms with Crippen LogP contribution >= 0.6 is 11.3 Å². The Labute approximate surface area is 99.1 Å². The lowest BCUT2D eigenvalue weighted by atomic mass is 9.96. The molecule has 2 aromatic rings. The molecule has 0 aliphatic carbocycles. The maximum absolute atomic E-state index is 10.0. The Morgan fingerprint density at radius 3 is 3.06 bits per heavy atom. The lowest BCUT2D eigenvalue weighted by Gasteiger charge is -2.28. The zero-order valence-electron chi connectivity index (χ0n) is 9.58. The molecule has 16 heavy (non-hydrogen) atoms. The Hall–Kier alpha value is -1.22. The molecular weight excluding hydrogens is 218 g/mol. The number of fused-ring (bicyclic) bond motifs is 3. The molecule has 0 saturated carbocycles. The van der Waals surface area contributed by atoms with Crippen molar-refractivity contribution >= 4 is 27.1 Å². The molecule has 3 heteroatoms. The van der Waals surface area contributed by atoms with Crippen LogP contribution in [0.15, 0.2) is 11.4 Å². The van der Waals surface area contributed by atoms with E-state index in [1.54, 1.807) is 11.3 Å². The minimum absolute atomic E-state index is 0.431. The quantitative estimate of drug-likeness (QED) is 0.754. The first-order valence-electron chi connectivity index (χ1n) is 5.62. The van der Waals surface area contributed by atoms with Crippen LogP contribution in [-0.2, 0) is 6.42 Å². The highest BCUT2D eigenvalue weighted by molar-refractivity contribution is 7.17. The summed E-state index contributed by atoms with van der Waals surface area (Å²) in [6.45, 7) is 3.22. The van der Waals surface area contributed by atoms with Gasteiger partial charge in [0.05, 0.1) is 4.70 Å². The van der Waals surface area contributed by atoms with E-state index in [0.29, 0.717) is 5.75 Å². The summed E-state index contributed by atoms with van der Waals surface area (Å²) in [5.41, 5.74) is 3.92. The molecule has 1 aliphatic rings. The van der Waals surface area contributed by atoms with Gasteiger partial charge in [0.1, 0.15) is 5.75 Å². The Morgan fingerprint density at radius 2 is 2.25 bits per heavy atom. The van der Waals surface area contributed by atoms with E-state index in [-0.39, 0.29) is 0 Å². The zero-order valence-corrected chi connectivity index (χ0v) is 10.4. The summed E-state index contributed by atoms with van der Waals surface area (Å²) < 4.78 is 1.05. The minimum Gasteiger partial charge on any atom is -0.506 e. The fourth-order valence-corrected chi connectivity index (χ4v) is 3.62. The van der Waals surface area contributed by atoms with Gasteiger partial charge in [-0.05, 0) is 36.3 Å². The second-order valence-electron chi connectivity index (χ2n) is 4.54. The van der Waals surface area contributed by atoms with Gasteiger partial charge in [-0.1, -0.05) is 0 Å². The second kappa shape index (κ2) is 3.39. The molecule has 0 amide bonds. The molecule has 2 nitrogen and oxygen atoms in total. The van der Waals surface area contributed by atoms with E-state index in [2.05, 4.69) is 24.3 Å². The number of phenols is 1. The van der Waals surface area contributed by atoms with Crippen LogP contribution in [0.3, 0.4) is 0 Å². The van der Waals surface area contributed by atoms with Crippen LogP contribution in [0.25, 0.3) is 10.1 Å². The maximum Gasteiger partial charge on any atom is 0.135 e. The van der Waals surface area contributed by atoms with Gasteiger partial charge < -0.3 is 10.0 Å². The molecule has 0 saturated heterocycles. The van der Waals surface area contributed by atoms with Gasteiger partial charge in [-0.15, -0.1) is 11.3 Å². The van der Waals surface area contributed by atoms with Crippen LogP contribution in [0, 0.1) is 6.92 Å². The highest BCUT2D eigenvalue weighted by atomic mass is 32.1. The van der Waals surface area contributed by atoms with Gasteiger partial charge >= 0.3 is 0 Å². The van der Waals surface area contributed by atoms with Crippen molar-refractivity contribution in [2.45, 2.75) is 19.8 Å². The number of benzene rings is 1. The fourth-order valence-electron chi connectivity index (χ4n) is 2.63. The molecule has 1 aromatic heterocycles. The summed E-state index contributed by atoms with van der Waals surface area (Å²) in [7, 11) is 2.10. The van der Waals surface area contributed by atoms with Crippen LogP contribution in [0.5, 0.6) is 5.75 Å².